The third kappa shape index (κ3) is 6.70. The van der Waals surface area contributed by atoms with Crippen LogP contribution in [0.5, 0.6) is 11.5 Å². The van der Waals surface area contributed by atoms with Gasteiger partial charge < -0.3 is 14.6 Å². The Labute approximate surface area is 222 Å². The highest BCUT2D eigenvalue weighted by Gasteiger charge is 2.29. The SMILES string of the molecule is COc1ccc(Cn2c(CCCc3ccc(OC(C)(C)C(=O)O)cc3)nn(Cc3ccccc3)c2=O)cc1. The van der Waals surface area contributed by atoms with E-state index < -0.39 is 11.6 Å². The molecular formula is C30H33N3O5. The molecule has 0 unspecified atom stereocenters. The van der Waals surface area contributed by atoms with Crippen LogP contribution in [0.1, 0.15) is 42.8 Å². The van der Waals surface area contributed by atoms with Crippen LogP contribution < -0.4 is 15.2 Å². The Bertz CT molecular complexity index is 1410. The van der Waals surface area contributed by atoms with Gasteiger partial charge in [-0.3, -0.25) is 4.57 Å². The minimum absolute atomic E-state index is 0.137. The first-order valence-corrected chi connectivity index (χ1v) is 12.6. The molecule has 4 rings (SSSR count). The standard InChI is InChI=1S/C30H33N3O5/c1-30(2,28(34)35)38-26-18-12-22(13-19-26)10-7-11-27-31-33(21-23-8-5-4-6-9-23)29(36)32(27)20-24-14-16-25(37-3)17-15-24/h4-6,8-9,12-19H,7,10-11,20-21H2,1-3H3,(H,34,35). The molecule has 0 aliphatic carbocycles. The second-order valence-electron chi connectivity index (χ2n) is 9.69. The topological polar surface area (TPSA) is 95.6 Å². The highest BCUT2D eigenvalue weighted by Crippen LogP contribution is 2.20. The Morgan fingerprint density at radius 1 is 0.842 bits per heavy atom. The lowest BCUT2D eigenvalue weighted by Gasteiger charge is -2.21. The van der Waals surface area contributed by atoms with E-state index in [0.717, 1.165) is 41.1 Å². The highest BCUT2D eigenvalue weighted by molar-refractivity contribution is 5.76. The summed E-state index contributed by atoms with van der Waals surface area (Å²) in [6, 6.07) is 25.0. The Hall–Kier alpha value is -4.33. The zero-order chi connectivity index (χ0) is 27.1. The van der Waals surface area contributed by atoms with Crippen molar-refractivity contribution in [2.75, 3.05) is 7.11 Å². The molecule has 4 aromatic rings. The van der Waals surface area contributed by atoms with Gasteiger partial charge in [0.25, 0.3) is 0 Å². The molecule has 0 saturated carbocycles. The molecule has 0 aliphatic heterocycles. The molecule has 0 bridgehead atoms. The molecule has 0 spiro atoms. The van der Waals surface area contributed by atoms with Crippen LogP contribution in [0.4, 0.5) is 0 Å². The normalized spacial score (nSPS) is 11.3. The number of aliphatic carboxylic acids is 1. The predicted octanol–water partition coefficient (Wildman–Crippen LogP) is 4.57. The number of methoxy groups -OCH3 is 1. The van der Waals surface area contributed by atoms with Gasteiger partial charge in [0.05, 0.1) is 20.2 Å². The van der Waals surface area contributed by atoms with E-state index in [1.165, 1.54) is 18.5 Å². The maximum Gasteiger partial charge on any atom is 0.347 e. The lowest BCUT2D eigenvalue weighted by molar-refractivity contribution is -0.152. The van der Waals surface area contributed by atoms with Crippen molar-refractivity contribution in [2.24, 2.45) is 0 Å². The van der Waals surface area contributed by atoms with E-state index in [2.05, 4.69) is 0 Å². The summed E-state index contributed by atoms with van der Waals surface area (Å²) in [7, 11) is 1.63. The van der Waals surface area contributed by atoms with Gasteiger partial charge in [-0.15, -0.1) is 0 Å². The van der Waals surface area contributed by atoms with E-state index in [-0.39, 0.29) is 5.69 Å². The van der Waals surface area contributed by atoms with Crippen LogP contribution >= 0.6 is 0 Å². The van der Waals surface area contributed by atoms with E-state index in [0.29, 0.717) is 25.3 Å². The summed E-state index contributed by atoms with van der Waals surface area (Å²) >= 11 is 0. The molecular weight excluding hydrogens is 482 g/mol. The molecule has 198 valence electrons. The summed E-state index contributed by atoms with van der Waals surface area (Å²) in [5.41, 5.74) is 1.67. The largest absolute Gasteiger partial charge is 0.497 e. The fourth-order valence-corrected chi connectivity index (χ4v) is 4.12. The second-order valence-corrected chi connectivity index (χ2v) is 9.69. The molecule has 1 heterocycles. The molecule has 3 aromatic carbocycles. The number of carboxylic acids is 1. The average molecular weight is 516 g/mol. The van der Waals surface area contributed by atoms with E-state index in [1.54, 1.807) is 23.8 Å². The average Bonchev–Trinajstić information content (AvgIpc) is 3.19. The first kappa shape index (κ1) is 26.7. The van der Waals surface area contributed by atoms with Crippen molar-refractivity contribution < 1.29 is 19.4 Å². The molecule has 0 atom stereocenters. The van der Waals surface area contributed by atoms with Crippen LogP contribution in [0, 0.1) is 0 Å². The fourth-order valence-electron chi connectivity index (χ4n) is 4.12. The van der Waals surface area contributed by atoms with Gasteiger partial charge in [0.1, 0.15) is 17.3 Å². The maximum atomic E-state index is 13.3. The van der Waals surface area contributed by atoms with Gasteiger partial charge in [0.15, 0.2) is 5.60 Å². The van der Waals surface area contributed by atoms with Crippen LogP contribution in [-0.2, 0) is 30.7 Å². The van der Waals surface area contributed by atoms with Crippen LogP contribution in [0.15, 0.2) is 83.7 Å². The monoisotopic (exact) mass is 515 g/mol. The Morgan fingerprint density at radius 3 is 2.08 bits per heavy atom. The Kier molecular flexibility index (Phi) is 8.31. The van der Waals surface area contributed by atoms with Gasteiger partial charge in [0.2, 0.25) is 0 Å². The minimum atomic E-state index is -1.30. The first-order chi connectivity index (χ1) is 18.2. The van der Waals surface area contributed by atoms with Crippen molar-refractivity contribution in [3.8, 4) is 11.5 Å². The van der Waals surface area contributed by atoms with Crippen molar-refractivity contribution in [1.82, 2.24) is 14.3 Å². The summed E-state index contributed by atoms with van der Waals surface area (Å²) < 4.78 is 14.1. The van der Waals surface area contributed by atoms with Crippen molar-refractivity contribution in [3.63, 3.8) is 0 Å². The summed E-state index contributed by atoms with van der Waals surface area (Å²) in [6.45, 7) is 3.88. The van der Waals surface area contributed by atoms with Gasteiger partial charge in [0, 0.05) is 6.42 Å². The smallest absolute Gasteiger partial charge is 0.347 e. The number of hydrogen-bond donors (Lipinski definition) is 1. The third-order valence-electron chi connectivity index (χ3n) is 6.35. The number of carbonyl (C=O) groups is 1. The zero-order valence-corrected chi connectivity index (χ0v) is 22.0. The summed E-state index contributed by atoms with van der Waals surface area (Å²) in [4.78, 5) is 24.6. The number of carboxylic acid groups (broad SMARTS) is 1. The number of rotatable bonds is 12. The van der Waals surface area contributed by atoms with Gasteiger partial charge in [-0.05, 0) is 67.6 Å². The molecule has 0 amide bonds. The minimum Gasteiger partial charge on any atom is -0.497 e. The molecule has 0 saturated heterocycles. The van der Waals surface area contributed by atoms with E-state index in [9.17, 15) is 14.7 Å². The predicted molar refractivity (Wildman–Crippen MR) is 145 cm³/mol. The molecule has 8 nitrogen and oxygen atoms in total. The molecule has 0 radical (unpaired) electrons. The van der Waals surface area contributed by atoms with Gasteiger partial charge >= 0.3 is 11.7 Å². The molecule has 38 heavy (non-hydrogen) atoms. The van der Waals surface area contributed by atoms with Crippen molar-refractivity contribution >= 4 is 5.97 Å². The van der Waals surface area contributed by atoms with Crippen molar-refractivity contribution in [3.05, 3.63) is 112 Å². The molecule has 1 aromatic heterocycles. The molecule has 8 heteroatoms. The lowest BCUT2D eigenvalue weighted by atomic mass is 10.1. The molecule has 0 fully saturated rings. The van der Waals surface area contributed by atoms with Crippen LogP contribution in [0.3, 0.4) is 0 Å². The second kappa shape index (κ2) is 11.8. The quantitative estimate of drug-likeness (QED) is 0.297. The molecule has 1 N–H and O–H groups in total. The van der Waals surface area contributed by atoms with Crippen LogP contribution in [0.25, 0.3) is 0 Å². The number of benzene rings is 3. The number of aromatic nitrogens is 3. The zero-order valence-electron chi connectivity index (χ0n) is 22.0. The van der Waals surface area contributed by atoms with E-state index >= 15 is 0 Å². The molecule has 0 aliphatic rings. The van der Waals surface area contributed by atoms with Crippen LogP contribution in [0.2, 0.25) is 0 Å². The fraction of sp³-hybridized carbons (Fsp3) is 0.300. The maximum absolute atomic E-state index is 13.3. The Morgan fingerprint density at radius 2 is 1.45 bits per heavy atom. The number of hydrogen-bond acceptors (Lipinski definition) is 5. The van der Waals surface area contributed by atoms with Crippen molar-refractivity contribution in [1.29, 1.82) is 0 Å². The number of aryl methyl sites for hydroxylation is 2. The van der Waals surface area contributed by atoms with Gasteiger partial charge in [-0.25, -0.2) is 14.3 Å². The van der Waals surface area contributed by atoms with Gasteiger partial charge in [-0.1, -0.05) is 54.6 Å². The third-order valence-corrected chi connectivity index (χ3v) is 6.35. The first-order valence-electron chi connectivity index (χ1n) is 12.6. The highest BCUT2D eigenvalue weighted by atomic mass is 16.5. The van der Waals surface area contributed by atoms with Crippen LogP contribution in [-0.4, -0.2) is 38.1 Å². The number of nitrogens with zero attached hydrogens (tertiary/aromatic N) is 3. The lowest BCUT2D eigenvalue weighted by Crippen LogP contribution is -2.37. The summed E-state index contributed by atoms with van der Waals surface area (Å²) in [5, 5.41) is 14.0. The summed E-state index contributed by atoms with van der Waals surface area (Å²) in [6.07, 6.45) is 2.22. The number of ether oxygens (including phenoxy) is 2. The van der Waals surface area contributed by atoms with E-state index in [1.807, 2.05) is 66.7 Å². The van der Waals surface area contributed by atoms with E-state index in [4.69, 9.17) is 14.6 Å². The summed E-state index contributed by atoms with van der Waals surface area (Å²) in [5.74, 6) is 0.997. The van der Waals surface area contributed by atoms with Crippen molar-refractivity contribution in [2.45, 2.75) is 51.8 Å². The van der Waals surface area contributed by atoms with Gasteiger partial charge in [-0.2, -0.15) is 5.10 Å². The Balaban J connectivity index is 1.48.